The Morgan fingerprint density at radius 2 is 2.17 bits per heavy atom. The van der Waals surface area contributed by atoms with Crippen molar-refractivity contribution < 1.29 is 9.26 Å². The number of fused-ring (bicyclic) bond motifs is 1. The van der Waals surface area contributed by atoms with Crippen LogP contribution in [0.5, 0.6) is 0 Å². The fraction of sp³-hybridized carbons (Fsp3) is 0.500. The van der Waals surface area contributed by atoms with Crippen molar-refractivity contribution >= 4 is 17.5 Å². The first-order valence-corrected chi connectivity index (χ1v) is 7.64. The first-order valence-electron chi connectivity index (χ1n) is 7.64. The first-order chi connectivity index (χ1) is 11.7. The van der Waals surface area contributed by atoms with E-state index in [9.17, 15) is 0 Å². The maximum absolute atomic E-state index is 5.27. The average molecular weight is 330 g/mol. The quantitative estimate of drug-likeness (QED) is 0.653. The molecule has 0 unspecified atom stereocenters. The van der Waals surface area contributed by atoms with E-state index in [-0.39, 0.29) is 0 Å². The number of aryl methyl sites for hydroxylation is 1. The Labute approximate surface area is 138 Å². The normalized spacial score (nSPS) is 15.0. The van der Waals surface area contributed by atoms with Crippen LogP contribution < -0.4 is 9.80 Å². The van der Waals surface area contributed by atoms with E-state index in [2.05, 4.69) is 30.3 Å². The molecule has 126 valence electrons. The molecule has 0 bridgehead atoms. The van der Waals surface area contributed by atoms with E-state index < -0.39 is 0 Å². The van der Waals surface area contributed by atoms with Gasteiger partial charge in [0.05, 0.1) is 6.04 Å². The molecule has 1 saturated heterocycles. The van der Waals surface area contributed by atoms with Crippen LogP contribution in [0.15, 0.2) is 16.7 Å². The molecule has 1 aliphatic rings. The summed E-state index contributed by atoms with van der Waals surface area (Å²) in [6.45, 7) is 3.89. The Bertz CT molecular complexity index is 853. The Morgan fingerprint density at radius 1 is 1.33 bits per heavy atom. The van der Waals surface area contributed by atoms with E-state index >= 15 is 0 Å². The van der Waals surface area contributed by atoms with Crippen molar-refractivity contribution in [3.63, 3.8) is 0 Å². The lowest BCUT2D eigenvalue weighted by Gasteiger charge is -2.43. The molecule has 0 amide bonds. The van der Waals surface area contributed by atoms with Gasteiger partial charge in [0.1, 0.15) is 12.4 Å². The van der Waals surface area contributed by atoms with Crippen LogP contribution in [0, 0.1) is 6.92 Å². The van der Waals surface area contributed by atoms with Gasteiger partial charge in [-0.2, -0.15) is 9.50 Å². The molecule has 0 saturated carbocycles. The fourth-order valence-corrected chi connectivity index (χ4v) is 2.67. The molecular formula is C14H18N8O2. The highest BCUT2D eigenvalue weighted by Gasteiger charge is 2.33. The maximum atomic E-state index is 5.27. The zero-order chi connectivity index (χ0) is 16.7. The molecule has 24 heavy (non-hydrogen) atoms. The molecule has 0 aromatic carbocycles. The summed E-state index contributed by atoms with van der Waals surface area (Å²) in [5, 5.41) is 16.5. The molecule has 4 rings (SSSR count). The molecule has 0 aliphatic carbocycles. The molecule has 0 spiro atoms. The predicted octanol–water partition coefficient (Wildman–Crippen LogP) is 0.287. The van der Waals surface area contributed by atoms with Crippen molar-refractivity contribution in [3.05, 3.63) is 23.8 Å². The van der Waals surface area contributed by atoms with Crippen molar-refractivity contribution in [3.8, 4) is 0 Å². The second-order valence-corrected chi connectivity index (χ2v) is 5.80. The Hall–Kier alpha value is -2.75. The van der Waals surface area contributed by atoms with Gasteiger partial charge in [0, 0.05) is 27.2 Å². The van der Waals surface area contributed by atoms with Gasteiger partial charge in [-0.05, 0) is 19.1 Å². The highest BCUT2D eigenvalue weighted by molar-refractivity contribution is 5.49. The van der Waals surface area contributed by atoms with Crippen molar-refractivity contribution in [2.24, 2.45) is 0 Å². The molecule has 10 nitrogen and oxygen atoms in total. The molecule has 0 atom stereocenters. The van der Waals surface area contributed by atoms with Crippen LogP contribution in [0.2, 0.25) is 0 Å². The molecule has 1 aliphatic heterocycles. The van der Waals surface area contributed by atoms with E-state index in [1.54, 1.807) is 11.6 Å². The summed E-state index contributed by atoms with van der Waals surface area (Å²) in [6, 6.07) is 4.68. The van der Waals surface area contributed by atoms with E-state index in [1.807, 2.05) is 31.0 Å². The van der Waals surface area contributed by atoms with Crippen LogP contribution in [0.3, 0.4) is 0 Å². The summed E-state index contributed by atoms with van der Waals surface area (Å²) in [4.78, 5) is 8.49. The van der Waals surface area contributed by atoms with Crippen LogP contribution in [0.4, 0.5) is 11.8 Å². The van der Waals surface area contributed by atoms with Crippen LogP contribution in [0.25, 0.3) is 5.65 Å². The van der Waals surface area contributed by atoms with E-state index in [0.29, 0.717) is 24.5 Å². The van der Waals surface area contributed by atoms with Gasteiger partial charge in [-0.15, -0.1) is 15.3 Å². The molecular weight excluding hydrogens is 312 g/mol. The van der Waals surface area contributed by atoms with Crippen LogP contribution >= 0.6 is 0 Å². The molecule has 3 aromatic rings. The van der Waals surface area contributed by atoms with Gasteiger partial charge in [-0.25, -0.2) is 0 Å². The van der Waals surface area contributed by atoms with Gasteiger partial charge in [0.15, 0.2) is 17.3 Å². The molecule has 0 radical (unpaired) electrons. The van der Waals surface area contributed by atoms with Gasteiger partial charge < -0.3 is 19.1 Å². The summed E-state index contributed by atoms with van der Waals surface area (Å²) >= 11 is 0. The third-order valence-corrected chi connectivity index (χ3v) is 4.17. The molecule has 1 fully saturated rings. The Morgan fingerprint density at radius 3 is 2.96 bits per heavy atom. The highest BCUT2D eigenvalue weighted by atomic mass is 16.5. The number of aromatic nitrogens is 6. The van der Waals surface area contributed by atoms with E-state index in [1.165, 1.54) is 0 Å². The van der Waals surface area contributed by atoms with Crippen LogP contribution in [0.1, 0.15) is 11.6 Å². The maximum Gasteiger partial charge on any atom is 0.324 e. The number of hydrogen-bond acceptors (Lipinski definition) is 9. The summed E-state index contributed by atoms with van der Waals surface area (Å²) in [6.07, 6.45) is 0. The van der Waals surface area contributed by atoms with Gasteiger partial charge >= 0.3 is 6.01 Å². The summed E-state index contributed by atoms with van der Waals surface area (Å²) < 4.78 is 12.0. The van der Waals surface area contributed by atoms with Gasteiger partial charge in [-0.1, -0.05) is 5.16 Å². The largest absolute Gasteiger partial charge is 0.377 e. The standard InChI is InChI=1S/C14H18N8O2/c1-9-16-17-12-4-5-13(18-22(9)12)21-6-10(7-21)20(2)14-15-11(8-23-3)19-24-14/h4-5,10H,6-8H2,1-3H3. The minimum absolute atomic E-state index is 0.292. The monoisotopic (exact) mass is 330 g/mol. The highest BCUT2D eigenvalue weighted by Crippen LogP contribution is 2.24. The summed E-state index contributed by atoms with van der Waals surface area (Å²) in [7, 11) is 3.55. The molecule has 10 heteroatoms. The lowest BCUT2D eigenvalue weighted by molar-refractivity contribution is 0.174. The second kappa shape index (κ2) is 5.71. The van der Waals surface area contributed by atoms with Crippen molar-refractivity contribution in [2.75, 3.05) is 37.0 Å². The average Bonchev–Trinajstić information content (AvgIpc) is 3.14. The van der Waals surface area contributed by atoms with Crippen LogP contribution in [-0.4, -0.2) is 63.2 Å². The second-order valence-electron chi connectivity index (χ2n) is 5.80. The Balaban J connectivity index is 1.43. The third kappa shape index (κ3) is 2.44. The van der Waals surface area contributed by atoms with Gasteiger partial charge in [-0.3, -0.25) is 0 Å². The molecule has 4 heterocycles. The van der Waals surface area contributed by atoms with Crippen LogP contribution in [-0.2, 0) is 11.3 Å². The van der Waals surface area contributed by atoms with Crippen molar-refractivity contribution in [1.82, 2.24) is 30.0 Å². The fourth-order valence-electron chi connectivity index (χ4n) is 2.67. The summed E-state index contributed by atoms with van der Waals surface area (Å²) in [5.41, 5.74) is 0.752. The third-order valence-electron chi connectivity index (χ3n) is 4.17. The summed E-state index contributed by atoms with van der Waals surface area (Å²) in [5.74, 6) is 2.23. The smallest absolute Gasteiger partial charge is 0.324 e. The number of ether oxygens (including phenoxy) is 1. The molecule has 0 N–H and O–H groups in total. The minimum atomic E-state index is 0.292. The number of methoxy groups -OCH3 is 1. The molecule has 3 aromatic heterocycles. The van der Waals surface area contributed by atoms with E-state index in [4.69, 9.17) is 9.26 Å². The minimum Gasteiger partial charge on any atom is -0.377 e. The number of nitrogens with zero attached hydrogens (tertiary/aromatic N) is 8. The zero-order valence-electron chi connectivity index (χ0n) is 13.7. The van der Waals surface area contributed by atoms with Crippen molar-refractivity contribution in [1.29, 1.82) is 0 Å². The number of rotatable bonds is 5. The lowest BCUT2D eigenvalue weighted by atomic mass is 10.1. The number of hydrogen-bond donors (Lipinski definition) is 0. The van der Waals surface area contributed by atoms with E-state index in [0.717, 1.165) is 30.4 Å². The topological polar surface area (TPSA) is 97.7 Å². The number of anilines is 2. The van der Waals surface area contributed by atoms with Crippen molar-refractivity contribution in [2.45, 2.75) is 19.6 Å². The SMILES string of the molecule is COCc1noc(N(C)C2CN(c3ccc4nnc(C)n4n3)C2)n1. The number of likely N-dealkylation sites (N-methyl/N-ethyl adjacent to an activating group) is 1. The zero-order valence-corrected chi connectivity index (χ0v) is 13.7. The Kier molecular flexibility index (Phi) is 3.53. The van der Waals surface area contributed by atoms with Gasteiger partial charge in [0.25, 0.3) is 0 Å². The predicted molar refractivity (Wildman–Crippen MR) is 84.9 cm³/mol. The van der Waals surface area contributed by atoms with Gasteiger partial charge in [0.2, 0.25) is 0 Å². The lowest BCUT2D eigenvalue weighted by Crippen LogP contribution is -2.59. The first kappa shape index (κ1) is 14.8.